The minimum absolute atomic E-state index is 0.0396. The van der Waals surface area contributed by atoms with Crippen LogP contribution in [-0.2, 0) is 9.84 Å². The Morgan fingerprint density at radius 1 is 0.788 bits per heavy atom. The molecule has 0 heterocycles. The van der Waals surface area contributed by atoms with Crippen molar-refractivity contribution in [3.63, 3.8) is 0 Å². The van der Waals surface area contributed by atoms with Crippen molar-refractivity contribution in [2.24, 2.45) is 5.92 Å². The summed E-state index contributed by atoms with van der Waals surface area (Å²) in [6.07, 6.45) is 2.79. The summed E-state index contributed by atoms with van der Waals surface area (Å²) in [5.74, 6) is 2.16. The van der Waals surface area contributed by atoms with Gasteiger partial charge in [-0.05, 0) is 75.7 Å². The van der Waals surface area contributed by atoms with Gasteiger partial charge in [-0.1, -0.05) is 48.4 Å². The van der Waals surface area contributed by atoms with Crippen molar-refractivity contribution in [2.75, 3.05) is 0 Å². The number of allylic oxidation sites excluding steroid dienone is 1. The lowest BCUT2D eigenvalue weighted by Gasteiger charge is -2.39. The fourth-order valence-corrected chi connectivity index (χ4v) is 5.51. The summed E-state index contributed by atoms with van der Waals surface area (Å²) in [4.78, 5) is 0.729. The first kappa shape index (κ1) is 23.1. The van der Waals surface area contributed by atoms with Crippen molar-refractivity contribution >= 4 is 9.84 Å². The molecule has 1 aliphatic rings. The van der Waals surface area contributed by atoms with Crippen LogP contribution in [-0.4, -0.2) is 14.0 Å². The minimum Gasteiger partial charge on any atom is -0.487 e. The van der Waals surface area contributed by atoms with E-state index in [0.717, 1.165) is 11.3 Å². The van der Waals surface area contributed by atoms with Crippen LogP contribution in [0, 0.1) is 19.8 Å². The zero-order valence-corrected chi connectivity index (χ0v) is 20.4. The molecule has 0 N–H and O–H groups in total. The summed E-state index contributed by atoms with van der Waals surface area (Å²) in [7, 11) is -3.57. The Kier molecular flexibility index (Phi) is 6.35. The van der Waals surface area contributed by atoms with Crippen LogP contribution < -0.4 is 9.47 Å². The van der Waals surface area contributed by atoms with Gasteiger partial charge in [0, 0.05) is 17.2 Å². The van der Waals surface area contributed by atoms with Crippen molar-refractivity contribution in [2.45, 2.75) is 51.0 Å². The maximum absolute atomic E-state index is 13.3. The van der Waals surface area contributed by atoms with E-state index in [1.165, 1.54) is 5.56 Å². The molecule has 0 bridgehead atoms. The second-order valence-electron chi connectivity index (χ2n) is 9.10. The van der Waals surface area contributed by atoms with Gasteiger partial charge in [0.05, 0.1) is 4.90 Å². The molecule has 5 heteroatoms. The highest BCUT2D eigenvalue weighted by molar-refractivity contribution is 7.95. The molecule has 4 rings (SSSR count). The number of hydrogen-bond acceptors (Lipinski definition) is 4. The first-order valence-electron chi connectivity index (χ1n) is 11.2. The Bertz CT molecular complexity index is 1240. The summed E-state index contributed by atoms with van der Waals surface area (Å²) < 4.78 is 38.7. The van der Waals surface area contributed by atoms with Gasteiger partial charge in [0.25, 0.3) is 0 Å². The van der Waals surface area contributed by atoms with Gasteiger partial charge in [-0.15, -0.1) is 0 Å². The molecule has 2 atom stereocenters. The average Bonchev–Trinajstić information content (AvgIpc) is 2.79. The van der Waals surface area contributed by atoms with E-state index in [4.69, 9.17) is 9.47 Å². The van der Waals surface area contributed by atoms with Gasteiger partial charge in [-0.2, -0.15) is 0 Å². The zero-order chi connectivity index (χ0) is 23.6. The van der Waals surface area contributed by atoms with E-state index >= 15 is 0 Å². The van der Waals surface area contributed by atoms with Crippen LogP contribution in [0.2, 0.25) is 0 Å². The lowest BCUT2D eigenvalue weighted by Crippen LogP contribution is -2.42. The van der Waals surface area contributed by atoms with E-state index in [0.29, 0.717) is 29.2 Å². The van der Waals surface area contributed by atoms with Gasteiger partial charge in [0.1, 0.15) is 22.8 Å². The van der Waals surface area contributed by atoms with Crippen LogP contribution in [0.25, 0.3) is 0 Å². The van der Waals surface area contributed by atoms with Gasteiger partial charge in [-0.3, -0.25) is 0 Å². The predicted octanol–water partition coefficient (Wildman–Crippen LogP) is 7.02. The zero-order valence-electron chi connectivity index (χ0n) is 19.5. The van der Waals surface area contributed by atoms with Crippen LogP contribution in [0.3, 0.4) is 0 Å². The Balaban J connectivity index is 1.49. The molecule has 0 saturated heterocycles. The predicted molar refractivity (Wildman–Crippen MR) is 132 cm³/mol. The van der Waals surface area contributed by atoms with Crippen molar-refractivity contribution in [3.8, 4) is 17.2 Å². The van der Waals surface area contributed by atoms with E-state index in [2.05, 4.69) is 13.8 Å². The minimum atomic E-state index is -3.57. The van der Waals surface area contributed by atoms with Crippen molar-refractivity contribution in [3.05, 3.63) is 94.9 Å². The fraction of sp³-hybridized carbons (Fsp3) is 0.286. The molecule has 3 aromatic carbocycles. The quantitative estimate of drug-likeness (QED) is 0.395. The maximum atomic E-state index is 13.3. The number of sulfone groups is 1. The number of ether oxygens (including phenoxy) is 2. The number of aryl methyl sites for hydroxylation is 2. The van der Waals surface area contributed by atoms with E-state index < -0.39 is 15.4 Å². The first-order valence-corrected chi connectivity index (χ1v) is 12.7. The molecule has 172 valence electrons. The smallest absolute Gasteiger partial charge is 0.202 e. The summed E-state index contributed by atoms with van der Waals surface area (Å²) in [6.45, 7) is 8.15. The molecule has 0 aromatic heterocycles. The molecule has 0 amide bonds. The number of benzene rings is 3. The summed E-state index contributed by atoms with van der Waals surface area (Å²) in [5.41, 5.74) is 1.87. The normalized spacial score (nSPS) is 20.7. The Labute approximate surface area is 196 Å². The van der Waals surface area contributed by atoms with Crippen LogP contribution in [0.15, 0.2) is 88.7 Å². The van der Waals surface area contributed by atoms with Gasteiger partial charge in [0.15, 0.2) is 0 Å². The van der Waals surface area contributed by atoms with Crippen LogP contribution in [0.1, 0.15) is 37.8 Å². The molecule has 2 unspecified atom stereocenters. The molecule has 0 fully saturated rings. The third-order valence-electron chi connectivity index (χ3n) is 6.39. The van der Waals surface area contributed by atoms with E-state index in [1.54, 1.807) is 24.3 Å². The highest BCUT2D eigenvalue weighted by Crippen LogP contribution is 2.40. The van der Waals surface area contributed by atoms with Gasteiger partial charge >= 0.3 is 0 Å². The summed E-state index contributed by atoms with van der Waals surface area (Å²) in [5, 5.41) is 0. The molecular formula is C28H30O4S. The molecule has 4 nitrogen and oxygen atoms in total. The fourth-order valence-electron chi connectivity index (χ4n) is 3.94. The topological polar surface area (TPSA) is 52.6 Å². The molecule has 0 aliphatic heterocycles. The van der Waals surface area contributed by atoms with Crippen LogP contribution in [0.5, 0.6) is 17.2 Å². The molecule has 0 saturated carbocycles. The lowest BCUT2D eigenvalue weighted by molar-refractivity contribution is 0.0312. The molecule has 0 spiro atoms. The van der Waals surface area contributed by atoms with E-state index in [9.17, 15) is 8.42 Å². The highest BCUT2D eigenvalue weighted by Gasteiger charge is 2.39. The standard InChI is InChI=1S/C28H30O4S/c1-20-5-9-23(10-6-20)31-24-13-15-26(16-14-24)33(29,30)27-17-18-28(4,22(3)19-27)32-25-11-7-21(2)8-12-25/h5-17,22H,18-19H2,1-4H3. The number of rotatable bonds is 6. The van der Waals surface area contributed by atoms with Crippen LogP contribution >= 0.6 is 0 Å². The second-order valence-corrected chi connectivity index (χ2v) is 11.1. The maximum Gasteiger partial charge on any atom is 0.202 e. The summed E-state index contributed by atoms with van der Waals surface area (Å²) in [6, 6.07) is 22.3. The van der Waals surface area contributed by atoms with Crippen molar-refractivity contribution in [1.29, 1.82) is 0 Å². The molecular weight excluding hydrogens is 432 g/mol. The lowest BCUT2D eigenvalue weighted by atomic mass is 9.81. The average molecular weight is 463 g/mol. The Morgan fingerprint density at radius 2 is 1.27 bits per heavy atom. The SMILES string of the molecule is Cc1ccc(Oc2ccc(S(=O)(=O)C3=CCC(C)(Oc4ccc(C)cc4)C(C)C3)cc2)cc1. The third kappa shape index (κ3) is 5.14. The van der Waals surface area contributed by atoms with E-state index in [-0.39, 0.29) is 10.8 Å². The van der Waals surface area contributed by atoms with E-state index in [1.807, 2.05) is 68.5 Å². The Morgan fingerprint density at radius 3 is 1.79 bits per heavy atom. The molecule has 33 heavy (non-hydrogen) atoms. The van der Waals surface area contributed by atoms with Gasteiger partial charge in [0.2, 0.25) is 9.84 Å². The van der Waals surface area contributed by atoms with Crippen molar-refractivity contribution in [1.82, 2.24) is 0 Å². The molecule has 0 radical (unpaired) electrons. The monoisotopic (exact) mass is 462 g/mol. The van der Waals surface area contributed by atoms with Crippen LogP contribution in [0.4, 0.5) is 0 Å². The highest BCUT2D eigenvalue weighted by atomic mass is 32.2. The first-order chi connectivity index (χ1) is 15.7. The molecule has 3 aromatic rings. The van der Waals surface area contributed by atoms with Gasteiger partial charge in [-0.25, -0.2) is 8.42 Å². The third-order valence-corrected chi connectivity index (χ3v) is 8.31. The van der Waals surface area contributed by atoms with Crippen molar-refractivity contribution < 1.29 is 17.9 Å². The largest absolute Gasteiger partial charge is 0.487 e. The second kappa shape index (κ2) is 9.06. The molecule has 1 aliphatic carbocycles. The summed E-state index contributed by atoms with van der Waals surface area (Å²) >= 11 is 0. The number of hydrogen-bond donors (Lipinski definition) is 0. The Hall–Kier alpha value is -3.05. The van der Waals surface area contributed by atoms with Gasteiger partial charge < -0.3 is 9.47 Å².